The summed E-state index contributed by atoms with van der Waals surface area (Å²) in [5, 5.41) is 6.58. The number of carbonyl (C=O) groups is 2. The first-order chi connectivity index (χ1) is 14.0. The third-order valence-electron chi connectivity index (χ3n) is 6.81. The smallest absolute Gasteiger partial charge is 0.409 e. The molecule has 0 radical (unpaired) electrons. The molecule has 2 amide bonds. The van der Waals surface area contributed by atoms with Gasteiger partial charge in [-0.25, -0.2) is 4.79 Å². The van der Waals surface area contributed by atoms with Crippen LogP contribution in [0.25, 0.3) is 0 Å². The van der Waals surface area contributed by atoms with E-state index in [1.165, 1.54) is 19.1 Å². The van der Waals surface area contributed by atoms with Crippen LogP contribution in [0.1, 0.15) is 37.2 Å². The van der Waals surface area contributed by atoms with Gasteiger partial charge in [-0.15, -0.1) is 0 Å². The number of hydrogen-bond donors (Lipinski definition) is 2. The molecule has 29 heavy (non-hydrogen) atoms. The van der Waals surface area contributed by atoms with Crippen molar-refractivity contribution < 1.29 is 14.3 Å². The Hall–Kier alpha value is -2.12. The summed E-state index contributed by atoms with van der Waals surface area (Å²) in [7, 11) is 3.07. The molecule has 0 aromatic heterocycles. The minimum atomic E-state index is -0.310. The first kappa shape index (κ1) is 20.2. The Morgan fingerprint density at radius 3 is 2.48 bits per heavy atom. The van der Waals surface area contributed by atoms with E-state index in [4.69, 9.17) is 4.74 Å². The van der Waals surface area contributed by atoms with E-state index in [0.717, 1.165) is 25.9 Å². The van der Waals surface area contributed by atoms with Crippen LogP contribution in [0.3, 0.4) is 0 Å². The lowest BCUT2D eigenvalue weighted by molar-refractivity contribution is -0.129. The molecule has 0 spiro atoms. The zero-order valence-electron chi connectivity index (χ0n) is 17.4. The molecule has 1 saturated carbocycles. The Bertz CT molecular complexity index is 727. The Morgan fingerprint density at radius 2 is 1.86 bits per heavy atom. The highest BCUT2D eigenvalue weighted by Gasteiger charge is 2.51. The number of likely N-dealkylation sites (tertiary alicyclic amines) is 2. The van der Waals surface area contributed by atoms with E-state index < -0.39 is 0 Å². The predicted molar refractivity (Wildman–Crippen MR) is 111 cm³/mol. The average Bonchev–Trinajstić information content (AvgIpc) is 3.50. The van der Waals surface area contributed by atoms with Crippen LogP contribution in [-0.4, -0.2) is 79.8 Å². The molecule has 4 rings (SSSR count). The zero-order valence-corrected chi connectivity index (χ0v) is 17.4. The molecule has 7 nitrogen and oxygen atoms in total. The minimum absolute atomic E-state index is 0.0263. The Balaban J connectivity index is 1.29. The first-order valence-corrected chi connectivity index (χ1v) is 10.6. The number of amides is 2. The number of nitrogens with one attached hydrogen (secondary N) is 2. The maximum absolute atomic E-state index is 12.1. The van der Waals surface area contributed by atoms with E-state index in [2.05, 4.69) is 45.9 Å². The molecule has 1 aromatic carbocycles. The van der Waals surface area contributed by atoms with E-state index in [1.54, 1.807) is 11.9 Å². The van der Waals surface area contributed by atoms with Crippen molar-refractivity contribution in [2.75, 3.05) is 40.3 Å². The molecule has 1 aliphatic carbocycles. The van der Waals surface area contributed by atoms with Gasteiger partial charge in [0.1, 0.15) is 0 Å². The number of benzene rings is 1. The van der Waals surface area contributed by atoms with Gasteiger partial charge in [0.25, 0.3) is 0 Å². The van der Waals surface area contributed by atoms with Crippen LogP contribution in [0.5, 0.6) is 0 Å². The zero-order chi connectivity index (χ0) is 20.4. The lowest BCUT2D eigenvalue weighted by atomic mass is 9.82. The Kier molecular flexibility index (Phi) is 5.79. The van der Waals surface area contributed by atoms with Crippen molar-refractivity contribution in [2.45, 2.75) is 49.2 Å². The van der Waals surface area contributed by atoms with Crippen LogP contribution in [0, 0.1) is 0 Å². The van der Waals surface area contributed by atoms with Gasteiger partial charge in [-0.2, -0.15) is 0 Å². The topological polar surface area (TPSA) is 73.9 Å². The van der Waals surface area contributed by atoms with Crippen molar-refractivity contribution in [3.63, 3.8) is 0 Å². The largest absolute Gasteiger partial charge is 0.453 e. The van der Waals surface area contributed by atoms with Gasteiger partial charge in [0.2, 0.25) is 5.91 Å². The number of nitrogens with zero attached hydrogens (tertiary/aromatic N) is 2. The number of piperidine rings is 1. The number of methoxy groups -OCH3 is 1. The van der Waals surface area contributed by atoms with Crippen LogP contribution in [0.15, 0.2) is 30.3 Å². The fourth-order valence-corrected chi connectivity index (χ4v) is 5.00. The van der Waals surface area contributed by atoms with Gasteiger partial charge in [-0.3, -0.25) is 9.69 Å². The highest BCUT2D eigenvalue weighted by atomic mass is 16.5. The van der Waals surface area contributed by atoms with Crippen molar-refractivity contribution in [1.82, 2.24) is 20.4 Å². The molecule has 2 aliphatic heterocycles. The average molecular weight is 401 g/mol. The number of hydrogen-bond acceptors (Lipinski definition) is 5. The number of carbonyl (C=O) groups excluding carboxylic acids is 2. The second-order valence-corrected chi connectivity index (χ2v) is 8.69. The maximum Gasteiger partial charge on any atom is 0.409 e. The van der Waals surface area contributed by atoms with Crippen molar-refractivity contribution in [1.29, 1.82) is 0 Å². The SMILES string of the molecule is CNC(=O)CC1(N2CCC(N[C@@H]3C[C@H]3c3ccccc3)CC2)CN(C(=O)OC)C1. The summed E-state index contributed by atoms with van der Waals surface area (Å²) in [5.74, 6) is 0.674. The van der Waals surface area contributed by atoms with E-state index in [0.29, 0.717) is 37.5 Å². The quantitative estimate of drug-likeness (QED) is 0.758. The van der Waals surface area contributed by atoms with Gasteiger partial charge in [0.15, 0.2) is 0 Å². The maximum atomic E-state index is 12.1. The third-order valence-corrected chi connectivity index (χ3v) is 6.81. The molecule has 2 saturated heterocycles. The Labute approximate surface area is 172 Å². The van der Waals surface area contributed by atoms with Crippen molar-refractivity contribution >= 4 is 12.0 Å². The van der Waals surface area contributed by atoms with Gasteiger partial charge in [0, 0.05) is 57.6 Å². The summed E-state index contributed by atoms with van der Waals surface area (Å²) >= 11 is 0. The van der Waals surface area contributed by atoms with Gasteiger partial charge >= 0.3 is 6.09 Å². The van der Waals surface area contributed by atoms with E-state index in [1.807, 2.05) is 0 Å². The monoisotopic (exact) mass is 400 g/mol. The van der Waals surface area contributed by atoms with E-state index in [-0.39, 0.29) is 17.5 Å². The molecule has 7 heteroatoms. The first-order valence-electron chi connectivity index (χ1n) is 10.6. The molecule has 158 valence electrons. The normalized spacial score (nSPS) is 26.5. The third kappa shape index (κ3) is 4.26. The second kappa shape index (κ2) is 8.32. The van der Waals surface area contributed by atoms with Gasteiger partial charge in [-0.05, 0) is 24.8 Å². The molecule has 2 N–H and O–H groups in total. The lowest BCUT2D eigenvalue weighted by Crippen LogP contribution is -2.73. The minimum Gasteiger partial charge on any atom is -0.453 e. The summed E-state index contributed by atoms with van der Waals surface area (Å²) < 4.78 is 4.84. The molecular weight excluding hydrogens is 368 g/mol. The van der Waals surface area contributed by atoms with E-state index >= 15 is 0 Å². The van der Waals surface area contributed by atoms with Gasteiger partial charge in [0.05, 0.1) is 12.6 Å². The molecular formula is C22H32N4O3. The molecule has 0 bridgehead atoms. The molecule has 2 heterocycles. The summed E-state index contributed by atoms with van der Waals surface area (Å²) in [6.45, 7) is 3.02. The predicted octanol–water partition coefficient (Wildman–Crippen LogP) is 1.55. The van der Waals surface area contributed by atoms with Crippen molar-refractivity contribution in [3.05, 3.63) is 35.9 Å². The Morgan fingerprint density at radius 1 is 1.17 bits per heavy atom. The lowest BCUT2D eigenvalue weighted by Gasteiger charge is -2.56. The number of rotatable bonds is 6. The number of ether oxygens (including phenoxy) is 1. The fourth-order valence-electron chi connectivity index (χ4n) is 5.00. The fraction of sp³-hybridized carbons (Fsp3) is 0.636. The highest BCUT2D eigenvalue weighted by Crippen LogP contribution is 2.41. The highest BCUT2D eigenvalue weighted by molar-refractivity contribution is 5.78. The molecule has 1 aromatic rings. The van der Waals surface area contributed by atoms with Crippen LogP contribution in [0.4, 0.5) is 4.79 Å². The van der Waals surface area contributed by atoms with Crippen molar-refractivity contribution in [2.24, 2.45) is 0 Å². The molecule has 3 aliphatic rings. The van der Waals surface area contributed by atoms with Crippen LogP contribution < -0.4 is 10.6 Å². The molecule has 3 fully saturated rings. The van der Waals surface area contributed by atoms with E-state index in [9.17, 15) is 9.59 Å². The van der Waals surface area contributed by atoms with Gasteiger partial charge < -0.3 is 20.3 Å². The molecule has 0 unspecified atom stereocenters. The van der Waals surface area contributed by atoms with Crippen LogP contribution in [-0.2, 0) is 9.53 Å². The van der Waals surface area contributed by atoms with Gasteiger partial charge in [-0.1, -0.05) is 30.3 Å². The molecule has 2 atom stereocenters. The summed E-state index contributed by atoms with van der Waals surface area (Å²) in [5.41, 5.74) is 1.18. The van der Waals surface area contributed by atoms with Crippen LogP contribution >= 0.6 is 0 Å². The summed E-state index contributed by atoms with van der Waals surface area (Å²) in [6, 6.07) is 11.9. The summed E-state index contributed by atoms with van der Waals surface area (Å²) in [6.07, 6.45) is 3.49. The summed E-state index contributed by atoms with van der Waals surface area (Å²) in [4.78, 5) is 28.0. The standard InChI is InChI=1S/C22H32N4O3/c1-23-20(27)13-22(14-25(15-22)21(28)29-2)26-10-8-17(9-11-26)24-19-12-18(19)16-6-4-3-5-7-16/h3-7,17-19,24H,8-15H2,1-2H3,(H,23,27)/t18-,19+/m0/s1. The van der Waals surface area contributed by atoms with Crippen LogP contribution in [0.2, 0.25) is 0 Å². The second-order valence-electron chi connectivity index (χ2n) is 8.69. The van der Waals surface area contributed by atoms with Crippen molar-refractivity contribution in [3.8, 4) is 0 Å².